The van der Waals surface area contributed by atoms with Gasteiger partial charge in [0.1, 0.15) is 5.58 Å². The van der Waals surface area contributed by atoms with Crippen molar-refractivity contribution in [3.05, 3.63) is 279 Å². The van der Waals surface area contributed by atoms with E-state index in [-0.39, 0.29) is 0 Å². The average molecular weight is 931 g/mol. The van der Waals surface area contributed by atoms with Crippen molar-refractivity contribution >= 4 is 71.6 Å². The number of hydrogen-bond donors (Lipinski definition) is 0. The van der Waals surface area contributed by atoms with E-state index in [1.807, 2.05) is 0 Å². The van der Waals surface area contributed by atoms with Crippen LogP contribution in [0.2, 0.25) is 0 Å². The van der Waals surface area contributed by atoms with Gasteiger partial charge in [-0.3, -0.25) is 0 Å². The second-order valence-corrected chi connectivity index (χ2v) is 18.8. The molecule has 0 saturated carbocycles. The number of para-hydroxylation sites is 3. The Morgan fingerprint density at radius 3 is 1.37 bits per heavy atom. The van der Waals surface area contributed by atoms with E-state index in [1.54, 1.807) is 0 Å². The number of benzene rings is 12. The first-order valence-electron chi connectivity index (χ1n) is 25.0. The minimum Gasteiger partial charge on any atom is -0.453 e. The van der Waals surface area contributed by atoms with Crippen LogP contribution in [0.1, 0.15) is 0 Å². The first-order valence-corrected chi connectivity index (χ1v) is 25.0. The average Bonchev–Trinajstić information content (AvgIpc) is 4.06. The highest BCUT2D eigenvalue weighted by Crippen LogP contribution is 2.47. The number of anilines is 3. The summed E-state index contributed by atoms with van der Waals surface area (Å²) in [6, 6.07) is 100. The third-order valence-corrected chi connectivity index (χ3v) is 14.6. The fourth-order valence-corrected chi connectivity index (χ4v) is 11.1. The Morgan fingerprint density at radius 1 is 0.288 bits per heavy atom. The monoisotopic (exact) mass is 930 g/mol. The van der Waals surface area contributed by atoms with Crippen LogP contribution in [-0.4, -0.2) is 4.57 Å². The van der Waals surface area contributed by atoms with E-state index in [0.717, 1.165) is 66.9 Å². The predicted octanol–water partition coefficient (Wildman–Crippen LogP) is 19.6. The van der Waals surface area contributed by atoms with E-state index in [2.05, 4.69) is 289 Å². The van der Waals surface area contributed by atoms with E-state index in [1.165, 1.54) is 66.0 Å². The Labute approximate surface area is 423 Å². The van der Waals surface area contributed by atoms with Crippen LogP contribution in [0.15, 0.2) is 283 Å². The van der Waals surface area contributed by atoms with Crippen molar-refractivity contribution in [2.75, 3.05) is 4.90 Å². The van der Waals surface area contributed by atoms with Crippen LogP contribution in [0.3, 0.4) is 0 Å². The lowest BCUT2D eigenvalue weighted by Crippen LogP contribution is -2.10. The predicted molar refractivity (Wildman–Crippen MR) is 307 cm³/mol. The van der Waals surface area contributed by atoms with Crippen molar-refractivity contribution in [1.29, 1.82) is 0 Å². The zero-order chi connectivity index (χ0) is 48.2. The van der Waals surface area contributed by atoms with Gasteiger partial charge in [-0.05, 0) is 122 Å². The molecule has 0 radical (unpaired) electrons. The minimum absolute atomic E-state index is 0.846. The summed E-state index contributed by atoms with van der Waals surface area (Å²) in [5.74, 6) is 0. The standard InChI is InChI=1S/C70H46N2O/c1-4-16-47(17-5-1)51-38-42-57(43-39-51)71(66-29-15-26-62-68-60-23-11-10-20-55(60)46-63(70(68)73-69(62)66)53-18-6-2-7-19-53)58-44-40-52(41-45-58)49-32-30-48(31-33-49)50-34-36-54(37-35-50)59-25-14-28-65-67(59)61-24-12-13-27-64(61)72(65)56-21-8-3-9-22-56/h1-46H. The van der Waals surface area contributed by atoms with Gasteiger partial charge in [-0.25, -0.2) is 0 Å². The summed E-state index contributed by atoms with van der Waals surface area (Å²) >= 11 is 0. The number of aromatic nitrogens is 1. The molecule has 73 heavy (non-hydrogen) atoms. The maximum Gasteiger partial charge on any atom is 0.159 e. The molecule has 0 N–H and O–H groups in total. The van der Waals surface area contributed by atoms with E-state index in [0.29, 0.717) is 0 Å². The van der Waals surface area contributed by atoms with Gasteiger partial charge in [-0.1, -0.05) is 218 Å². The van der Waals surface area contributed by atoms with Gasteiger partial charge in [0.2, 0.25) is 0 Å². The van der Waals surface area contributed by atoms with Crippen LogP contribution in [0.4, 0.5) is 17.1 Å². The molecule has 0 saturated heterocycles. The molecule has 342 valence electrons. The van der Waals surface area contributed by atoms with Crippen LogP contribution in [0.5, 0.6) is 0 Å². The molecule has 14 aromatic rings. The lowest BCUT2D eigenvalue weighted by atomic mass is 9.96. The molecule has 0 unspecified atom stereocenters. The van der Waals surface area contributed by atoms with Crippen molar-refractivity contribution in [1.82, 2.24) is 4.57 Å². The van der Waals surface area contributed by atoms with Gasteiger partial charge in [0, 0.05) is 44.2 Å². The topological polar surface area (TPSA) is 21.3 Å². The minimum atomic E-state index is 0.846. The fourth-order valence-electron chi connectivity index (χ4n) is 11.1. The molecule has 3 nitrogen and oxygen atoms in total. The zero-order valence-electron chi connectivity index (χ0n) is 39.9. The Morgan fingerprint density at radius 2 is 0.740 bits per heavy atom. The molecule has 0 amide bonds. The number of nitrogens with zero attached hydrogens (tertiary/aromatic N) is 2. The first-order chi connectivity index (χ1) is 36.2. The zero-order valence-corrected chi connectivity index (χ0v) is 39.9. The second-order valence-electron chi connectivity index (χ2n) is 18.8. The van der Waals surface area contributed by atoms with E-state index >= 15 is 0 Å². The van der Waals surface area contributed by atoms with E-state index in [9.17, 15) is 0 Å². The van der Waals surface area contributed by atoms with Crippen molar-refractivity contribution in [3.63, 3.8) is 0 Å². The van der Waals surface area contributed by atoms with Crippen molar-refractivity contribution in [2.24, 2.45) is 0 Å². The number of rotatable bonds is 9. The molecule has 2 heterocycles. The second kappa shape index (κ2) is 17.6. The highest BCUT2D eigenvalue weighted by Gasteiger charge is 2.23. The van der Waals surface area contributed by atoms with Gasteiger partial charge in [0.15, 0.2) is 5.58 Å². The van der Waals surface area contributed by atoms with E-state index in [4.69, 9.17) is 4.42 Å². The smallest absolute Gasteiger partial charge is 0.159 e. The Bertz CT molecular complexity index is 4310. The van der Waals surface area contributed by atoms with Gasteiger partial charge in [-0.15, -0.1) is 0 Å². The molecule has 0 bridgehead atoms. The molecule has 0 aliphatic heterocycles. The van der Waals surface area contributed by atoms with Crippen LogP contribution < -0.4 is 4.90 Å². The summed E-state index contributed by atoms with van der Waals surface area (Å²) < 4.78 is 9.55. The largest absolute Gasteiger partial charge is 0.453 e. The summed E-state index contributed by atoms with van der Waals surface area (Å²) in [6.07, 6.45) is 0. The maximum absolute atomic E-state index is 7.17. The van der Waals surface area contributed by atoms with Crippen molar-refractivity contribution < 1.29 is 4.42 Å². The fraction of sp³-hybridized carbons (Fsp3) is 0. The van der Waals surface area contributed by atoms with Gasteiger partial charge in [0.25, 0.3) is 0 Å². The highest BCUT2D eigenvalue weighted by molar-refractivity contribution is 6.24. The van der Waals surface area contributed by atoms with Crippen LogP contribution in [-0.2, 0) is 0 Å². The molecule has 2 aromatic heterocycles. The molecule has 0 atom stereocenters. The SMILES string of the molecule is c1ccc(-c2ccc(N(c3ccc(-c4ccc(-c5ccc(-c6cccc7c6c6ccccc6n7-c6ccccc6)cc5)cc4)cc3)c3cccc4c3oc3c(-c5ccccc5)cc5ccccc5c34)cc2)cc1. The lowest BCUT2D eigenvalue weighted by Gasteiger charge is -2.26. The van der Waals surface area contributed by atoms with Crippen molar-refractivity contribution in [3.8, 4) is 61.3 Å². The summed E-state index contributed by atoms with van der Waals surface area (Å²) in [5, 5.41) is 7.10. The van der Waals surface area contributed by atoms with Crippen molar-refractivity contribution in [2.45, 2.75) is 0 Å². The van der Waals surface area contributed by atoms with Crippen LogP contribution >= 0.6 is 0 Å². The molecule has 0 spiro atoms. The van der Waals surface area contributed by atoms with Crippen LogP contribution in [0.25, 0.3) is 116 Å². The number of furan rings is 1. The highest BCUT2D eigenvalue weighted by atomic mass is 16.3. The normalized spacial score (nSPS) is 11.6. The Kier molecular flexibility index (Phi) is 10.2. The quantitative estimate of drug-likeness (QED) is 0.144. The Balaban J connectivity index is 0.813. The maximum atomic E-state index is 7.17. The molecule has 0 aliphatic carbocycles. The molecule has 0 fully saturated rings. The summed E-state index contributed by atoms with van der Waals surface area (Å²) in [4.78, 5) is 2.34. The third-order valence-electron chi connectivity index (χ3n) is 14.6. The summed E-state index contributed by atoms with van der Waals surface area (Å²) in [7, 11) is 0. The molecule has 12 aromatic carbocycles. The summed E-state index contributed by atoms with van der Waals surface area (Å²) in [5.41, 5.74) is 20.0. The van der Waals surface area contributed by atoms with Gasteiger partial charge >= 0.3 is 0 Å². The molecule has 14 rings (SSSR count). The summed E-state index contributed by atoms with van der Waals surface area (Å²) in [6.45, 7) is 0. The Hall–Kier alpha value is -9.70. The molecular weight excluding hydrogens is 885 g/mol. The molecular formula is C70H46N2O. The first kappa shape index (κ1) is 42.2. The molecule has 3 heteroatoms. The third kappa shape index (κ3) is 7.29. The van der Waals surface area contributed by atoms with Gasteiger partial charge < -0.3 is 13.9 Å². The molecule has 0 aliphatic rings. The van der Waals surface area contributed by atoms with Crippen LogP contribution in [0, 0.1) is 0 Å². The number of fused-ring (bicyclic) bond motifs is 8. The van der Waals surface area contributed by atoms with Gasteiger partial charge in [-0.2, -0.15) is 0 Å². The number of hydrogen-bond acceptors (Lipinski definition) is 2. The van der Waals surface area contributed by atoms with E-state index < -0.39 is 0 Å². The lowest BCUT2D eigenvalue weighted by molar-refractivity contribution is 0.670. The van der Waals surface area contributed by atoms with Gasteiger partial charge in [0.05, 0.1) is 16.7 Å².